The number of nitrogens with zero attached hydrogens (tertiary/aromatic N) is 6. The standard InChI is InChI=1S/C24H26N6O2/c1-16-18-10-11-21(31)30(15-17-7-3-4-9-20(17)32-2)23(18)28-22(27-16)19-8-5-14-29(19)24-25-12-6-13-26-24/h3-4,6-7,9,12-13,19H,5,8,10-11,14-15H2,1-2H3. The second-order valence-corrected chi connectivity index (χ2v) is 8.16. The highest BCUT2D eigenvalue weighted by Crippen LogP contribution is 2.36. The lowest BCUT2D eigenvalue weighted by atomic mass is 10.0. The van der Waals surface area contributed by atoms with E-state index in [1.807, 2.05) is 37.3 Å². The molecule has 1 atom stereocenters. The molecule has 4 heterocycles. The van der Waals surface area contributed by atoms with E-state index in [0.717, 1.165) is 53.6 Å². The van der Waals surface area contributed by atoms with Crippen LogP contribution in [0.15, 0.2) is 42.7 Å². The molecule has 0 bridgehead atoms. The third-order valence-electron chi connectivity index (χ3n) is 6.24. The predicted molar refractivity (Wildman–Crippen MR) is 121 cm³/mol. The number of fused-ring (bicyclic) bond motifs is 1. The van der Waals surface area contributed by atoms with Gasteiger partial charge < -0.3 is 9.64 Å². The molecule has 3 aromatic rings. The van der Waals surface area contributed by atoms with Gasteiger partial charge in [-0.05, 0) is 38.3 Å². The highest BCUT2D eigenvalue weighted by atomic mass is 16.5. The fraction of sp³-hybridized carbons (Fsp3) is 0.375. The fourth-order valence-corrected chi connectivity index (χ4v) is 4.63. The monoisotopic (exact) mass is 430 g/mol. The van der Waals surface area contributed by atoms with Crippen LogP contribution >= 0.6 is 0 Å². The minimum atomic E-state index is -0.00783. The maximum atomic E-state index is 13.0. The van der Waals surface area contributed by atoms with Crippen molar-refractivity contribution >= 4 is 17.7 Å². The minimum absolute atomic E-state index is 0.00783. The van der Waals surface area contributed by atoms with Gasteiger partial charge in [-0.1, -0.05) is 18.2 Å². The molecular formula is C24H26N6O2. The Kier molecular flexibility index (Phi) is 5.43. The van der Waals surface area contributed by atoms with E-state index in [4.69, 9.17) is 14.7 Å². The first-order chi connectivity index (χ1) is 15.7. The molecule has 0 saturated carbocycles. The Hall–Kier alpha value is -3.55. The summed E-state index contributed by atoms with van der Waals surface area (Å²) in [7, 11) is 1.65. The number of methoxy groups -OCH3 is 1. The number of hydrogen-bond donors (Lipinski definition) is 0. The van der Waals surface area contributed by atoms with E-state index in [2.05, 4.69) is 14.9 Å². The van der Waals surface area contributed by atoms with E-state index in [9.17, 15) is 4.79 Å². The Balaban J connectivity index is 1.53. The van der Waals surface area contributed by atoms with Gasteiger partial charge in [0.2, 0.25) is 11.9 Å². The van der Waals surface area contributed by atoms with Crippen LogP contribution in [-0.2, 0) is 17.8 Å². The topological polar surface area (TPSA) is 84.3 Å². The summed E-state index contributed by atoms with van der Waals surface area (Å²) in [6, 6.07) is 9.60. The summed E-state index contributed by atoms with van der Waals surface area (Å²) in [5.41, 5.74) is 2.93. The van der Waals surface area contributed by atoms with Crippen LogP contribution in [0.4, 0.5) is 11.8 Å². The smallest absolute Gasteiger partial charge is 0.228 e. The number of para-hydroxylation sites is 1. The van der Waals surface area contributed by atoms with Crippen LogP contribution in [0.5, 0.6) is 5.75 Å². The number of rotatable bonds is 5. The average Bonchev–Trinajstić information content (AvgIpc) is 3.32. The van der Waals surface area contributed by atoms with Gasteiger partial charge >= 0.3 is 0 Å². The summed E-state index contributed by atoms with van der Waals surface area (Å²) in [5.74, 6) is 2.97. The molecule has 2 aliphatic rings. The molecule has 1 saturated heterocycles. The normalized spacial score (nSPS) is 18.1. The van der Waals surface area contributed by atoms with Gasteiger partial charge in [-0.25, -0.2) is 19.9 Å². The van der Waals surface area contributed by atoms with Crippen molar-refractivity contribution in [3.8, 4) is 5.75 Å². The largest absolute Gasteiger partial charge is 0.496 e. The summed E-state index contributed by atoms with van der Waals surface area (Å²) in [4.78, 5) is 35.6. The summed E-state index contributed by atoms with van der Waals surface area (Å²) < 4.78 is 5.51. The Morgan fingerprint density at radius 1 is 1.09 bits per heavy atom. The number of carbonyl (C=O) groups is 1. The first kappa shape index (κ1) is 20.4. The zero-order chi connectivity index (χ0) is 22.1. The molecule has 0 N–H and O–H groups in total. The molecular weight excluding hydrogens is 404 g/mol. The molecule has 5 rings (SSSR count). The molecule has 8 heteroatoms. The molecule has 1 fully saturated rings. The third kappa shape index (κ3) is 3.66. The van der Waals surface area contributed by atoms with Crippen LogP contribution in [0, 0.1) is 6.92 Å². The summed E-state index contributed by atoms with van der Waals surface area (Å²) in [5, 5.41) is 0. The van der Waals surface area contributed by atoms with Crippen molar-refractivity contribution in [2.24, 2.45) is 0 Å². The Bertz CT molecular complexity index is 1140. The Labute approximate surface area is 187 Å². The second-order valence-electron chi connectivity index (χ2n) is 8.16. The van der Waals surface area contributed by atoms with Gasteiger partial charge in [0.1, 0.15) is 11.6 Å². The highest BCUT2D eigenvalue weighted by Gasteiger charge is 2.34. The van der Waals surface area contributed by atoms with Crippen LogP contribution in [-0.4, -0.2) is 39.5 Å². The van der Waals surface area contributed by atoms with Gasteiger partial charge in [0.25, 0.3) is 0 Å². The number of carbonyl (C=O) groups excluding carboxylic acids is 1. The fourth-order valence-electron chi connectivity index (χ4n) is 4.63. The summed E-state index contributed by atoms with van der Waals surface area (Å²) >= 11 is 0. The molecule has 1 unspecified atom stereocenters. The van der Waals surface area contributed by atoms with Crippen molar-refractivity contribution in [1.29, 1.82) is 0 Å². The van der Waals surface area contributed by atoms with E-state index in [1.54, 1.807) is 24.4 Å². The lowest BCUT2D eigenvalue weighted by Crippen LogP contribution is -2.37. The first-order valence-electron chi connectivity index (χ1n) is 11.0. The molecule has 0 radical (unpaired) electrons. The van der Waals surface area contributed by atoms with E-state index in [0.29, 0.717) is 25.3 Å². The first-order valence-corrected chi connectivity index (χ1v) is 11.0. The van der Waals surface area contributed by atoms with E-state index in [1.165, 1.54) is 0 Å². The van der Waals surface area contributed by atoms with Crippen molar-refractivity contribution < 1.29 is 9.53 Å². The second kappa shape index (κ2) is 8.53. The van der Waals surface area contributed by atoms with Crippen LogP contribution < -0.4 is 14.5 Å². The highest BCUT2D eigenvalue weighted by molar-refractivity contribution is 5.95. The van der Waals surface area contributed by atoms with Gasteiger partial charge in [0.05, 0.1) is 19.7 Å². The average molecular weight is 431 g/mol. The lowest BCUT2D eigenvalue weighted by Gasteiger charge is -2.31. The van der Waals surface area contributed by atoms with Crippen LogP contribution in [0.1, 0.15) is 47.9 Å². The number of aromatic nitrogens is 4. The lowest BCUT2D eigenvalue weighted by molar-refractivity contribution is -0.119. The van der Waals surface area contributed by atoms with E-state index < -0.39 is 0 Å². The van der Waals surface area contributed by atoms with Crippen LogP contribution in [0.3, 0.4) is 0 Å². The SMILES string of the molecule is COc1ccccc1CN1C(=O)CCc2c(C)nc(C3CCCN3c3ncccn3)nc21. The molecule has 2 aromatic heterocycles. The summed E-state index contributed by atoms with van der Waals surface area (Å²) in [6.07, 6.45) is 6.58. The quantitative estimate of drug-likeness (QED) is 0.613. The van der Waals surface area contributed by atoms with Gasteiger partial charge in [-0.3, -0.25) is 9.69 Å². The Morgan fingerprint density at radius 3 is 2.72 bits per heavy atom. The number of hydrogen-bond acceptors (Lipinski definition) is 7. The van der Waals surface area contributed by atoms with Crippen LogP contribution in [0.25, 0.3) is 0 Å². The van der Waals surface area contributed by atoms with Crippen molar-refractivity contribution in [2.45, 2.75) is 45.2 Å². The zero-order valence-corrected chi connectivity index (χ0v) is 18.4. The molecule has 1 aromatic carbocycles. The molecule has 0 spiro atoms. The van der Waals surface area contributed by atoms with Gasteiger partial charge in [0.15, 0.2) is 5.82 Å². The molecule has 164 valence electrons. The third-order valence-corrected chi connectivity index (χ3v) is 6.24. The Morgan fingerprint density at radius 2 is 1.91 bits per heavy atom. The minimum Gasteiger partial charge on any atom is -0.496 e. The zero-order valence-electron chi connectivity index (χ0n) is 18.4. The number of ether oxygens (including phenoxy) is 1. The number of aryl methyl sites for hydroxylation is 1. The maximum Gasteiger partial charge on any atom is 0.228 e. The molecule has 0 aliphatic carbocycles. The van der Waals surface area contributed by atoms with Crippen molar-refractivity contribution in [2.75, 3.05) is 23.5 Å². The maximum absolute atomic E-state index is 13.0. The van der Waals surface area contributed by atoms with Crippen molar-refractivity contribution in [3.63, 3.8) is 0 Å². The van der Waals surface area contributed by atoms with Crippen LogP contribution in [0.2, 0.25) is 0 Å². The molecule has 2 aliphatic heterocycles. The van der Waals surface area contributed by atoms with Gasteiger partial charge in [0, 0.05) is 42.2 Å². The number of benzene rings is 1. The van der Waals surface area contributed by atoms with E-state index in [-0.39, 0.29) is 11.9 Å². The number of amides is 1. The van der Waals surface area contributed by atoms with Gasteiger partial charge in [-0.2, -0.15) is 0 Å². The molecule has 1 amide bonds. The van der Waals surface area contributed by atoms with Crippen molar-refractivity contribution in [1.82, 2.24) is 19.9 Å². The summed E-state index contributed by atoms with van der Waals surface area (Å²) in [6.45, 7) is 3.29. The number of anilines is 2. The molecule has 8 nitrogen and oxygen atoms in total. The van der Waals surface area contributed by atoms with Gasteiger partial charge in [-0.15, -0.1) is 0 Å². The predicted octanol–water partition coefficient (Wildman–Crippen LogP) is 3.40. The van der Waals surface area contributed by atoms with Crippen molar-refractivity contribution in [3.05, 3.63) is 65.4 Å². The molecule has 32 heavy (non-hydrogen) atoms. The van der Waals surface area contributed by atoms with E-state index >= 15 is 0 Å².